The second-order valence-electron chi connectivity index (χ2n) is 8.83. The third-order valence-corrected chi connectivity index (χ3v) is 6.33. The highest BCUT2D eigenvalue weighted by molar-refractivity contribution is 5.83. The Balaban J connectivity index is 1.64. The molecule has 0 amide bonds. The van der Waals surface area contributed by atoms with Crippen molar-refractivity contribution in [2.45, 2.75) is 46.3 Å². The van der Waals surface area contributed by atoms with Gasteiger partial charge in [-0.25, -0.2) is 4.68 Å². The molecule has 0 bridgehead atoms. The van der Waals surface area contributed by atoms with Gasteiger partial charge in [0.15, 0.2) is 5.82 Å². The van der Waals surface area contributed by atoms with E-state index < -0.39 is 0 Å². The molecule has 0 fully saturated rings. The summed E-state index contributed by atoms with van der Waals surface area (Å²) in [5, 5.41) is 23.3. The number of aryl methyl sites for hydroxylation is 2. The van der Waals surface area contributed by atoms with E-state index in [-0.39, 0.29) is 18.2 Å². The van der Waals surface area contributed by atoms with E-state index in [0.717, 1.165) is 33.3 Å². The Morgan fingerprint density at radius 3 is 2.63 bits per heavy atom. The topological polar surface area (TPSA) is 109 Å². The van der Waals surface area contributed by atoms with Crippen molar-refractivity contribution < 1.29 is 9.84 Å². The molecule has 4 aromatic rings. The first-order valence-electron chi connectivity index (χ1n) is 11.8. The van der Waals surface area contributed by atoms with Gasteiger partial charge in [0.1, 0.15) is 5.75 Å². The number of ether oxygens (including phenoxy) is 1. The second kappa shape index (κ2) is 10.8. The minimum atomic E-state index is -0.176. The maximum Gasteiger partial charge on any atom is 0.252 e. The van der Waals surface area contributed by atoms with Crippen LogP contribution in [-0.4, -0.2) is 55.5 Å². The van der Waals surface area contributed by atoms with E-state index in [1.54, 1.807) is 11.8 Å². The number of benzene rings is 2. The largest absolute Gasteiger partial charge is 0.497 e. The molecule has 2 aromatic carbocycles. The van der Waals surface area contributed by atoms with Gasteiger partial charge < -0.3 is 14.8 Å². The van der Waals surface area contributed by atoms with Crippen molar-refractivity contribution in [2.75, 3.05) is 20.3 Å². The van der Waals surface area contributed by atoms with E-state index in [1.165, 1.54) is 0 Å². The number of tetrazole rings is 1. The predicted molar refractivity (Wildman–Crippen MR) is 134 cm³/mol. The van der Waals surface area contributed by atoms with E-state index >= 15 is 0 Å². The molecule has 2 aromatic heterocycles. The molecule has 0 saturated heterocycles. The first kappa shape index (κ1) is 24.6. The molecule has 0 radical (unpaired) electrons. The molecule has 9 nitrogen and oxygen atoms in total. The molecule has 0 aliphatic heterocycles. The van der Waals surface area contributed by atoms with Gasteiger partial charge in [0, 0.05) is 29.6 Å². The zero-order valence-electron chi connectivity index (χ0n) is 20.7. The summed E-state index contributed by atoms with van der Waals surface area (Å²) >= 11 is 0. The number of aromatic nitrogens is 5. The van der Waals surface area contributed by atoms with Gasteiger partial charge in [-0.3, -0.25) is 9.69 Å². The molecule has 0 aliphatic carbocycles. The molecule has 4 rings (SSSR count). The summed E-state index contributed by atoms with van der Waals surface area (Å²) in [5.74, 6) is 1.48. The van der Waals surface area contributed by atoms with Crippen LogP contribution in [0.2, 0.25) is 0 Å². The van der Waals surface area contributed by atoms with Gasteiger partial charge in [0.2, 0.25) is 0 Å². The average Bonchev–Trinajstić information content (AvgIpc) is 3.28. The number of aromatic amines is 1. The van der Waals surface area contributed by atoms with Crippen molar-refractivity contribution in [3.63, 3.8) is 0 Å². The lowest BCUT2D eigenvalue weighted by molar-refractivity contribution is 0.131. The zero-order valence-corrected chi connectivity index (χ0v) is 20.7. The van der Waals surface area contributed by atoms with Crippen molar-refractivity contribution in [2.24, 2.45) is 0 Å². The number of pyridine rings is 1. The van der Waals surface area contributed by atoms with Crippen molar-refractivity contribution >= 4 is 10.9 Å². The summed E-state index contributed by atoms with van der Waals surface area (Å²) in [6.07, 6.45) is 0.715. The van der Waals surface area contributed by atoms with Gasteiger partial charge in [-0.2, -0.15) is 0 Å². The summed E-state index contributed by atoms with van der Waals surface area (Å²) in [6.45, 7) is 7.34. The number of aliphatic hydroxyl groups is 1. The van der Waals surface area contributed by atoms with Crippen LogP contribution in [0.25, 0.3) is 10.9 Å². The smallest absolute Gasteiger partial charge is 0.252 e. The van der Waals surface area contributed by atoms with Crippen LogP contribution in [0.5, 0.6) is 5.75 Å². The fourth-order valence-electron chi connectivity index (χ4n) is 4.60. The van der Waals surface area contributed by atoms with Crippen LogP contribution in [0.4, 0.5) is 0 Å². The molecular formula is C26H32N6O3. The fraction of sp³-hybridized carbons (Fsp3) is 0.385. The zero-order chi connectivity index (χ0) is 24.9. The SMILES string of the molecule is CCC(c1nnnn1Cc1ccc(OC)cc1)N(CCO)Cc1cc2c(C)cc(C)cc2[nH]c1=O. The molecule has 1 atom stereocenters. The van der Waals surface area contributed by atoms with Crippen LogP contribution in [0.3, 0.4) is 0 Å². The lowest BCUT2D eigenvalue weighted by Gasteiger charge is -2.29. The monoisotopic (exact) mass is 476 g/mol. The van der Waals surface area contributed by atoms with Crippen LogP contribution in [0.1, 0.15) is 47.5 Å². The van der Waals surface area contributed by atoms with Crippen LogP contribution in [0, 0.1) is 13.8 Å². The number of hydrogen-bond acceptors (Lipinski definition) is 7. The van der Waals surface area contributed by atoms with Gasteiger partial charge >= 0.3 is 0 Å². The molecular weight excluding hydrogens is 444 g/mol. The number of nitrogens with one attached hydrogen (secondary N) is 1. The Labute approximate surface area is 204 Å². The quantitative estimate of drug-likeness (QED) is 0.362. The molecule has 9 heteroatoms. The highest BCUT2D eigenvalue weighted by Crippen LogP contribution is 2.25. The highest BCUT2D eigenvalue weighted by atomic mass is 16.5. The van der Waals surface area contributed by atoms with Crippen LogP contribution in [-0.2, 0) is 13.1 Å². The number of aliphatic hydroxyl groups excluding tert-OH is 1. The first-order chi connectivity index (χ1) is 16.9. The van der Waals surface area contributed by atoms with Crippen molar-refractivity contribution in [1.82, 2.24) is 30.1 Å². The van der Waals surface area contributed by atoms with E-state index in [2.05, 4.69) is 38.4 Å². The van der Waals surface area contributed by atoms with Gasteiger partial charge in [0.25, 0.3) is 5.56 Å². The molecule has 1 unspecified atom stereocenters. The molecule has 0 aliphatic rings. The van der Waals surface area contributed by atoms with Crippen molar-refractivity contribution in [3.8, 4) is 5.75 Å². The summed E-state index contributed by atoms with van der Waals surface area (Å²) in [5.41, 5.74) is 4.61. The number of rotatable bonds is 10. The summed E-state index contributed by atoms with van der Waals surface area (Å²) in [7, 11) is 1.64. The lowest BCUT2D eigenvalue weighted by atomic mass is 10.0. The Hall–Kier alpha value is -3.56. The van der Waals surface area contributed by atoms with Crippen molar-refractivity contribution in [1.29, 1.82) is 0 Å². The van der Waals surface area contributed by atoms with E-state index in [0.29, 0.717) is 37.4 Å². The average molecular weight is 477 g/mol. The van der Waals surface area contributed by atoms with Crippen LogP contribution in [0.15, 0.2) is 47.3 Å². The molecule has 0 saturated carbocycles. The van der Waals surface area contributed by atoms with E-state index in [1.807, 2.05) is 50.2 Å². The Bertz CT molecular complexity index is 1350. The molecule has 35 heavy (non-hydrogen) atoms. The molecule has 2 heterocycles. The first-order valence-corrected chi connectivity index (χ1v) is 11.8. The van der Waals surface area contributed by atoms with Crippen LogP contribution >= 0.6 is 0 Å². The molecule has 184 valence electrons. The number of fused-ring (bicyclic) bond motifs is 1. The maximum absolute atomic E-state index is 13.0. The maximum atomic E-state index is 13.0. The van der Waals surface area contributed by atoms with Crippen molar-refractivity contribution in [3.05, 3.63) is 80.9 Å². The van der Waals surface area contributed by atoms with Crippen LogP contribution < -0.4 is 10.3 Å². The standard InChI is InChI=1S/C26H32N6O3/c1-5-24(25-28-29-30-32(25)15-19-6-8-21(35-4)9-7-19)31(10-11-33)16-20-14-22-18(3)12-17(2)13-23(22)27-26(20)34/h6-9,12-14,24,33H,5,10-11,15-16H2,1-4H3,(H,27,34). The Morgan fingerprint density at radius 2 is 1.94 bits per heavy atom. The third-order valence-electron chi connectivity index (χ3n) is 6.33. The van der Waals surface area contributed by atoms with Gasteiger partial charge in [-0.1, -0.05) is 25.1 Å². The predicted octanol–water partition coefficient (Wildman–Crippen LogP) is 3.13. The van der Waals surface area contributed by atoms with Gasteiger partial charge in [-0.05, 0) is 71.7 Å². The lowest BCUT2D eigenvalue weighted by Crippen LogP contribution is -2.34. The highest BCUT2D eigenvalue weighted by Gasteiger charge is 2.25. The summed E-state index contributed by atoms with van der Waals surface area (Å²) in [4.78, 5) is 18.1. The minimum absolute atomic E-state index is 0.0414. The summed E-state index contributed by atoms with van der Waals surface area (Å²) < 4.78 is 7.02. The number of nitrogens with zero attached hydrogens (tertiary/aromatic N) is 5. The van der Waals surface area contributed by atoms with E-state index in [4.69, 9.17) is 4.74 Å². The Kier molecular flexibility index (Phi) is 7.57. The fourth-order valence-corrected chi connectivity index (χ4v) is 4.60. The Morgan fingerprint density at radius 1 is 1.17 bits per heavy atom. The second-order valence-corrected chi connectivity index (χ2v) is 8.83. The minimum Gasteiger partial charge on any atom is -0.497 e. The number of H-pyrrole nitrogens is 1. The normalized spacial score (nSPS) is 12.4. The van der Waals surface area contributed by atoms with E-state index in [9.17, 15) is 9.90 Å². The third kappa shape index (κ3) is 5.41. The van der Waals surface area contributed by atoms with Gasteiger partial charge in [-0.15, -0.1) is 5.10 Å². The number of hydrogen-bond donors (Lipinski definition) is 2. The summed E-state index contributed by atoms with van der Waals surface area (Å²) in [6, 6.07) is 13.7. The number of methoxy groups -OCH3 is 1. The molecule has 0 spiro atoms. The molecule has 2 N–H and O–H groups in total. The van der Waals surface area contributed by atoms with Gasteiger partial charge in [0.05, 0.1) is 26.3 Å².